The molecular formula is C25H35N3O8S2. The van der Waals surface area contributed by atoms with Gasteiger partial charge in [-0.15, -0.1) is 33.6 Å². The van der Waals surface area contributed by atoms with Crippen molar-refractivity contribution in [2.75, 3.05) is 31.3 Å². The average Bonchev–Trinajstić information content (AvgIpc) is 3.52. The van der Waals surface area contributed by atoms with E-state index in [1.807, 2.05) is 30.3 Å². The molecule has 3 atom stereocenters. The Labute approximate surface area is 230 Å². The zero-order chi connectivity index (χ0) is 27.5. The number of aryl methyl sites for hydroxylation is 1. The van der Waals surface area contributed by atoms with Crippen LogP contribution in [0.3, 0.4) is 0 Å². The number of rotatable bonds is 15. The molecule has 2 aliphatic rings. The zero-order valence-electron chi connectivity index (χ0n) is 21.4. The standard InChI is InChI=1S/C25H35N3O8S2/c1-18(22(29)27-17-25(37-14-15-38-25)16-21(27)23(30)31)26-20(11-10-19-8-4-2-5-9-19)24(32)35-12-6-3-7-13-36-28(33)34/h2,4-5,8-9,18,20-21,26H,3,6-7,10-17H2,1H3,(H,30,31). The van der Waals surface area contributed by atoms with Gasteiger partial charge >= 0.3 is 11.9 Å². The fraction of sp³-hybridized carbons (Fsp3) is 0.640. The molecule has 0 aromatic heterocycles. The van der Waals surface area contributed by atoms with E-state index >= 15 is 0 Å². The van der Waals surface area contributed by atoms with Gasteiger partial charge in [0.25, 0.3) is 5.09 Å². The van der Waals surface area contributed by atoms with Gasteiger partial charge in [-0.2, -0.15) is 0 Å². The molecule has 0 aliphatic carbocycles. The van der Waals surface area contributed by atoms with Gasteiger partial charge in [-0.3, -0.25) is 14.9 Å². The monoisotopic (exact) mass is 569 g/mol. The largest absolute Gasteiger partial charge is 0.480 e. The Morgan fingerprint density at radius 2 is 1.87 bits per heavy atom. The molecule has 2 aliphatic heterocycles. The second-order valence-electron chi connectivity index (χ2n) is 9.38. The maximum absolute atomic E-state index is 13.4. The summed E-state index contributed by atoms with van der Waals surface area (Å²) in [7, 11) is 0. The molecule has 2 N–H and O–H groups in total. The number of thioether (sulfide) groups is 2. The number of carboxylic acids is 1. The van der Waals surface area contributed by atoms with Crippen LogP contribution in [0.4, 0.5) is 0 Å². The molecule has 2 fully saturated rings. The summed E-state index contributed by atoms with van der Waals surface area (Å²) in [5.41, 5.74) is 1.04. The zero-order valence-corrected chi connectivity index (χ0v) is 23.0. The molecule has 3 rings (SSSR count). The Hall–Kier alpha value is -2.51. The van der Waals surface area contributed by atoms with Crippen LogP contribution in [0, 0.1) is 10.1 Å². The topological polar surface area (TPSA) is 148 Å². The summed E-state index contributed by atoms with van der Waals surface area (Å²) in [6.07, 6.45) is 2.99. The van der Waals surface area contributed by atoms with Gasteiger partial charge in [0.15, 0.2) is 0 Å². The van der Waals surface area contributed by atoms with Crippen LogP contribution in [0.1, 0.15) is 44.6 Å². The Balaban J connectivity index is 1.58. The van der Waals surface area contributed by atoms with Gasteiger partial charge in [0.05, 0.1) is 23.3 Å². The lowest BCUT2D eigenvalue weighted by atomic mass is 10.0. The number of likely N-dealkylation sites (tertiary alicyclic amines) is 1. The van der Waals surface area contributed by atoms with E-state index in [1.165, 1.54) is 4.90 Å². The van der Waals surface area contributed by atoms with E-state index in [1.54, 1.807) is 30.4 Å². The Kier molecular flexibility index (Phi) is 11.5. The number of carboxylic acid groups (broad SMARTS) is 1. The first kappa shape index (κ1) is 30.0. The maximum atomic E-state index is 13.4. The van der Waals surface area contributed by atoms with Gasteiger partial charge in [0, 0.05) is 24.5 Å². The number of nitrogens with zero attached hydrogens (tertiary/aromatic N) is 2. The molecule has 0 saturated carbocycles. The molecule has 0 bridgehead atoms. The molecule has 3 unspecified atom stereocenters. The first-order valence-electron chi connectivity index (χ1n) is 12.8. The average molecular weight is 570 g/mol. The number of esters is 1. The van der Waals surface area contributed by atoms with Crippen molar-refractivity contribution in [1.82, 2.24) is 10.2 Å². The van der Waals surface area contributed by atoms with E-state index in [9.17, 15) is 29.6 Å². The van der Waals surface area contributed by atoms with Crippen LogP contribution in [-0.4, -0.2) is 86.4 Å². The van der Waals surface area contributed by atoms with E-state index in [2.05, 4.69) is 10.2 Å². The second-order valence-corrected chi connectivity index (χ2v) is 12.6. The number of benzene rings is 1. The molecule has 2 saturated heterocycles. The van der Waals surface area contributed by atoms with Crippen molar-refractivity contribution in [3.8, 4) is 0 Å². The minimum atomic E-state index is -1.01. The number of amides is 1. The normalized spacial score (nSPS) is 19.7. The molecule has 2 heterocycles. The molecular weight excluding hydrogens is 534 g/mol. The summed E-state index contributed by atoms with van der Waals surface area (Å²) >= 11 is 3.44. The van der Waals surface area contributed by atoms with Crippen molar-refractivity contribution < 1.29 is 34.2 Å². The summed E-state index contributed by atoms with van der Waals surface area (Å²) in [4.78, 5) is 54.3. The third-order valence-electron chi connectivity index (χ3n) is 6.57. The van der Waals surface area contributed by atoms with E-state index in [0.29, 0.717) is 45.1 Å². The molecule has 210 valence electrons. The SMILES string of the molecule is CC(NC(CCc1ccccc1)C(=O)OCCCCCO[N+](=O)[O-])C(=O)N1CC2(CC1C(=O)O)SCCS2. The molecule has 1 amide bonds. The van der Waals surface area contributed by atoms with Gasteiger partial charge < -0.3 is 19.6 Å². The predicted molar refractivity (Wildman–Crippen MR) is 144 cm³/mol. The molecule has 13 heteroatoms. The highest BCUT2D eigenvalue weighted by Crippen LogP contribution is 2.51. The number of unbranched alkanes of at least 4 members (excludes halogenated alkanes) is 2. The van der Waals surface area contributed by atoms with Crippen LogP contribution in [0.5, 0.6) is 0 Å². The van der Waals surface area contributed by atoms with E-state index in [-0.39, 0.29) is 23.2 Å². The smallest absolute Gasteiger partial charge is 0.326 e. The van der Waals surface area contributed by atoms with Gasteiger partial charge in [-0.05, 0) is 44.6 Å². The number of ether oxygens (including phenoxy) is 1. The number of hydrogen-bond acceptors (Lipinski definition) is 10. The molecule has 38 heavy (non-hydrogen) atoms. The van der Waals surface area contributed by atoms with Crippen LogP contribution in [-0.2, 0) is 30.4 Å². The van der Waals surface area contributed by atoms with E-state index in [0.717, 1.165) is 17.1 Å². The third-order valence-corrected chi connectivity index (χ3v) is 10.00. The number of aliphatic carboxylic acids is 1. The Bertz CT molecular complexity index is 961. The highest BCUT2D eigenvalue weighted by atomic mass is 32.2. The van der Waals surface area contributed by atoms with Gasteiger partial charge in [-0.1, -0.05) is 30.3 Å². The summed E-state index contributed by atoms with van der Waals surface area (Å²) < 4.78 is 5.18. The molecule has 1 aromatic carbocycles. The van der Waals surface area contributed by atoms with Gasteiger partial charge in [0.1, 0.15) is 12.1 Å². The molecule has 1 aromatic rings. The van der Waals surface area contributed by atoms with Crippen LogP contribution >= 0.6 is 23.5 Å². The minimum absolute atomic E-state index is 0.00599. The Morgan fingerprint density at radius 1 is 1.18 bits per heavy atom. The summed E-state index contributed by atoms with van der Waals surface area (Å²) in [6.45, 7) is 2.16. The number of carbonyl (C=O) groups is 3. The van der Waals surface area contributed by atoms with Crippen LogP contribution in [0.15, 0.2) is 30.3 Å². The van der Waals surface area contributed by atoms with Crippen LogP contribution in [0.25, 0.3) is 0 Å². The maximum Gasteiger partial charge on any atom is 0.326 e. The fourth-order valence-electron chi connectivity index (χ4n) is 4.64. The van der Waals surface area contributed by atoms with E-state index in [4.69, 9.17) is 4.74 Å². The summed E-state index contributed by atoms with van der Waals surface area (Å²) in [5.74, 6) is 0.0213. The van der Waals surface area contributed by atoms with Crippen molar-refractivity contribution in [3.05, 3.63) is 46.0 Å². The van der Waals surface area contributed by atoms with Crippen molar-refractivity contribution >= 4 is 41.4 Å². The molecule has 0 radical (unpaired) electrons. The lowest BCUT2D eigenvalue weighted by molar-refractivity contribution is -0.757. The van der Waals surface area contributed by atoms with Gasteiger partial charge in [0.2, 0.25) is 5.91 Å². The van der Waals surface area contributed by atoms with Gasteiger partial charge in [-0.25, -0.2) is 4.79 Å². The lowest BCUT2D eigenvalue weighted by Crippen LogP contribution is -2.53. The number of hydrogen-bond donors (Lipinski definition) is 2. The second kappa shape index (κ2) is 14.6. The fourth-order valence-corrected chi connectivity index (χ4v) is 7.89. The predicted octanol–water partition coefficient (Wildman–Crippen LogP) is 2.75. The van der Waals surface area contributed by atoms with E-state index < -0.39 is 35.2 Å². The van der Waals surface area contributed by atoms with Crippen molar-refractivity contribution in [1.29, 1.82) is 0 Å². The molecule has 1 spiro atoms. The first-order chi connectivity index (χ1) is 18.2. The minimum Gasteiger partial charge on any atom is -0.480 e. The van der Waals surface area contributed by atoms with Crippen molar-refractivity contribution in [3.63, 3.8) is 0 Å². The van der Waals surface area contributed by atoms with Crippen LogP contribution in [0.2, 0.25) is 0 Å². The number of carbonyl (C=O) groups excluding carboxylic acids is 2. The lowest BCUT2D eigenvalue weighted by Gasteiger charge is -2.28. The summed E-state index contributed by atoms with van der Waals surface area (Å²) in [5, 5.41) is 22.3. The third kappa shape index (κ3) is 8.77. The van der Waals surface area contributed by atoms with Crippen molar-refractivity contribution in [2.45, 2.75) is 67.7 Å². The highest BCUT2D eigenvalue weighted by molar-refractivity contribution is 8.21. The first-order valence-corrected chi connectivity index (χ1v) is 14.7. The summed E-state index contributed by atoms with van der Waals surface area (Å²) in [6, 6.07) is 7.23. The van der Waals surface area contributed by atoms with Crippen molar-refractivity contribution in [2.24, 2.45) is 0 Å². The van der Waals surface area contributed by atoms with Crippen LogP contribution < -0.4 is 5.32 Å². The molecule has 11 nitrogen and oxygen atoms in total. The quantitative estimate of drug-likeness (QED) is 0.139. The number of nitrogens with one attached hydrogen (secondary N) is 1. The Morgan fingerprint density at radius 3 is 2.53 bits per heavy atom. The highest BCUT2D eigenvalue weighted by Gasteiger charge is 2.52.